The van der Waals surface area contributed by atoms with Gasteiger partial charge in [0.15, 0.2) is 9.84 Å². The fourth-order valence-corrected chi connectivity index (χ4v) is 4.15. The zero-order valence-electron chi connectivity index (χ0n) is 17.6. The van der Waals surface area contributed by atoms with E-state index in [1.54, 1.807) is 48.7 Å². The molecule has 2 heterocycles. The Hall–Kier alpha value is -2.55. The summed E-state index contributed by atoms with van der Waals surface area (Å²) in [5.41, 5.74) is 6.39. The van der Waals surface area contributed by atoms with E-state index in [4.69, 9.17) is 0 Å². The average molecular weight is 433 g/mol. The molecule has 0 fully saturated rings. The van der Waals surface area contributed by atoms with Crippen molar-refractivity contribution < 1.29 is 23.6 Å². The SMILES string of the molecule is Cc1c(-c2cccc(S(C)(=O)=O)c2)c2nc(C(C)(C)O)ccc2n1C/C(F)=C/C[NH3+]. The highest BCUT2D eigenvalue weighted by Crippen LogP contribution is 2.36. The molecular weight excluding hydrogens is 405 g/mol. The average Bonchev–Trinajstić information content (AvgIpc) is 2.92. The van der Waals surface area contributed by atoms with Gasteiger partial charge in [-0.25, -0.2) is 17.8 Å². The molecule has 0 bridgehead atoms. The van der Waals surface area contributed by atoms with Crippen LogP contribution >= 0.6 is 0 Å². The van der Waals surface area contributed by atoms with Crippen LogP contribution in [0.3, 0.4) is 0 Å². The highest BCUT2D eigenvalue weighted by Gasteiger charge is 2.23. The van der Waals surface area contributed by atoms with Gasteiger partial charge in [-0.05, 0) is 50.6 Å². The van der Waals surface area contributed by atoms with Crippen LogP contribution in [0.4, 0.5) is 4.39 Å². The van der Waals surface area contributed by atoms with Crippen molar-refractivity contribution in [3.8, 4) is 11.1 Å². The zero-order chi connectivity index (χ0) is 22.3. The van der Waals surface area contributed by atoms with E-state index in [0.29, 0.717) is 34.4 Å². The number of aliphatic hydroxyl groups is 1. The molecule has 0 spiro atoms. The quantitative estimate of drug-likeness (QED) is 0.626. The molecule has 2 aromatic heterocycles. The van der Waals surface area contributed by atoms with Crippen LogP contribution < -0.4 is 5.73 Å². The summed E-state index contributed by atoms with van der Waals surface area (Å²) in [6, 6.07) is 10.2. The van der Waals surface area contributed by atoms with Crippen LogP contribution in [-0.4, -0.2) is 35.9 Å². The van der Waals surface area contributed by atoms with Crippen LogP contribution in [0.1, 0.15) is 25.2 Å². The normalized spacial score (nSPS) is 13.2. The molecule has 0 saturated carbocycles. The van der Waals surface area contributed by atoms with E-state index in [2.05, 4.69) is 10.7 Å². The number of rotatable bonds is 6. The third-order valence-corrected chi connectivity index (χ3v) is 6.13. The van der Waals surface area contributed by atoms with E-state index in [1.807, 2.05) is 13.0 Å². The number of benzene rings is 1. The summed E-state index contributed by atoms with van der Waals surface area (Å²) < 4.78 is 40.3. The van der Waals surface area contributed by atoms with Gasteiger partial charge in [0.25, 0.3) is 0 Å². The first-order valence-electron chi connectivity index (χ1n) is 9.60. The molecule has 160 valence electrons. The van der Waals surface area contributed by atoms with Crippen molar-refractivity contribution in [2.24, 2.45) is 0 Å². The van der Waals surface area contributed by atoms with Crippen LogP contribution in [-0.2, 0) is 22.0 Å². The van der Waals surface area contributed by atoms with Crippen molar-refractivity contribution >= 4 is 20.9 Å². The second-order valence-electron chi connectivity index (χ2n) is 7.91. The smallest absolute Gasteiger partial charge is 0.175 e. The van der Waals surface area contributed by atoms with Gasteiger partial charge in [-0.15, -0.1) is 0 Å². The Balaban J connectivity index is 2.34. The third kappa shape index (κ3) is 4.30. The van der Waals surface area contributed by atoms with E-state index >= 15 is 0 Å². The lowest BCUT2D eigenvalue weighted by Crippen LogP contribution is -2.49. The monoisotopic (exact) mass is 432 g/mol. The molecule has 0 atom stereocenters. The van der Waals surface area contributed by atoms with Gasteiger partial charge in [0, 0.05) is 23.6 Å². The van der Waals surface area contributed by atoms with E-state index in [0.717, 1.165) is 11.9 Å². The number of sulfone groups is 1. The van der Waals surface area contributed by atoms with Crippen molar-refractivity contribution in [2.75, 3.05) is 12.8 Å². The molecule has 6 nitrogen and oxygen atoms in total. The predicted molar refractivity (Wildman–Crippen MR) is 115 cm³/mol. The first kappa shape index (κ1) is 22.1. The standard InChI is InChI=1S/C22H26FN3O3S/c1-14-20(15-6-5-7-17(12-15)30(4,28)29)21-18(26(14)13-16(23)10-11-24)8-9-19(25-21)22(2,3)27/h5-10,12,27H,11,13,24H2,1-4H3/p+1/b16-10-. The van der Waals surface area contributed by atoms with Crippen molar-refractivity contribution in [3.05, 3.63) is 59.7 Å². The van der Waals surface area contributed by atoms with E-state index in [-0.39, 0.29) is 17.3 Å². The molecule has 3 aromatic rings. The zero-order valence-corrected chi connectivity index (χ0v) is 18.4. The molecule has 0 saturated heterocycles. The maximum absolute atomic E-state index is 14.4. The largest absolute Gasteiger partial charge is 0.384 e. The molecule has 0 aliphatic heterocycles. The van der Waals surface area contributed by atoms with Crippen LogP contribution in [0, 0.1) is 6.92 Å². The number of hydrogen-bond acceptors (Lipinski definition) is 4. The van der Waals surface area contributed by atoms with Crippen LogP contribution in [0.2, 0.25) is 0 Å². The molecule has 0 amide bonds. The van der Waals surface area contributed by atoms with Gasteiger partial charge in [0.05, 0.1) is 34.7 Å². The van der Waals surface area contributed by atoms with Gasteiger partial charge in [-0.1, -0.05) is 12.1 Å². The van der Waals surface area contributed by atoms with Gasteiger partial charge >= 0.3 is 0 Å². The fraction of sp³-hybridized carbons (Fsp3) is 0.318. The topological polar surface area (TPSA) is 99.8 Å². The molecule has 0 aliphatic rings. The molecule has 30 heavy (non-hydrogen) atoms. The van der Waals surface area contributed by atoms with Gasteiger partial charge in [-0.2, -0.15) is 0 Å². The van der Waals surface area contributed by atoms with Crippen molar-refractivity contribution in [1.82, 2.24) is 9.55 Å². The minimum atomic E-state index is -3.39. The summed E-state index contributed by atoms with van der Waals surface area (Å²) in [5.74, 6) is -0.312. The highest BCUT2D eigenvalue weighted by atomic mass is 32.2. The maximum Gasteiger partial charge on any atom is 0.175 e. The molecule has 0 radical (unpaired) electrons. The molecule has 8 heteroatoms. The summed E-state index contributed by atoms with van der Waals surface area (Å²) in [4.78, 5) is 4.87. The van der Waals surface area contributed by atoms with Crippen molar-refractivity contribution in [3.63, 3.8) is 0 Å². The Labute approximate surface area is 175 Å². The third-order valence-electron chi connectivity index (χ3n) is 5.02. The fourth-order valence-electron chi connectivity index (χ4n) is 3.49. The lowest BCUT2D eigenvalue weighted by Gasteiger charge is -2.16. The number of pyridine rings is 1. The maximum atomic E-state index is 14.4. The minimum absolute atomic E-state index is 0.0210. The molecule has 1 aromatic carbocycles. The first-order valence-corrected chi connectivity index (χ1v) is 11.5. The van der Waals surface area contributed by atoms with Gasteiger partial charge in [-0.3, -0.25) is 0 Å². The summed E-state index contributed by atoms with van der Waals surface area (Å²) in [6.45, 7) is 5.50. The highest BCUT2D eigenvalue weighted by molar-refractivity contribution is 7.90. The lowest BCUT2D eigenvalue weighted by atomic mass is 10.0. The van der Waals surface area contributed by atoms with Crippen LogP contribution in [0.5, 0.6) is 0 Å². The van der Waals surface area contributed by atoms with E-state index < -0.39 is 15.4 Å². The van der Waals surface area contributed by atoms with E-state index in [1.165, 1.54) is 6.08 Å². The second kappa shape index (κ2) is 7.94. The number of hydrogen-bond donors (Lipinski definition) is 2. The second-order valence-corrected chi connectivity index (χ2v) is 9.93. The number of quaternary nitrogens is 1. The summed E-state index contributed by atoms with van der Waals surface area (Å²) in [7, 11) is -3.39. The molecule has 0 unspecified atom stereocenters. The molecule has 4 N–H and O–H groups in total. The van der Waals surface area contributed by atoms with Gasteiger partial charge in [0.2, 0.25) is 0 Å². The minimum Gasteiger partial charge on any atom is -0.384 e. The number of nitrogens with zero attached hydrogens (tertiary/aromatic N) is 2. The number of halogens is 1. The predicted octanol–water partition coefficient (Wildman–Crippen LogP) is 2.74. The summed E-state index contributed by atoms with van der Waals surface area (Å²) in [5, 5.41) is 10.4. The van der Waals surface area contributed by atoms with Crippen molar-refractivity contribution in [2.45, 2.75) is 37.8 Å². The summed E-state index contributed by atoms with van der Waals surface area (Å²) >= 11 is 0. The van der Waals surface area contributed by atoms with Gasteiger partial charge in [0.1, 0.15) is 11.4 Å². The number of fused-ring (bicyclic) bond motifs is 1. The van der Waals surface area contributed by atoms with Gasteiger partial charge < -0.3 is 15.4 Å². The Morgan fingerprint density at radius 2 is 2.00 bits per heavy atom. The number of aromatic nitrogens is 2. The lowest BCUT2D eigenvalue weighted by molar-refractivity contribution is -0.353. The Morgan fingerprint density at radius 3 is 2.60 bits per heavy atom. The first-order chi connectivity index (χ1) is 13.9. The molecule has 0 aliphatic carbocycles. The van der Waals surface area contributed by atoms with Crippen LogP contribution in [0.25, 0.3) is 22.2 Å². The van der Waals surface area contributed by atoms with Crippen molar-refractivity contribution in [1.29, 1.82) is 0 Å². The molecular formula is C22H27FN3O3S+. The number of allylic oxidation sites excluding steroid dienone is 1. The molecule has 3 rings (SSSR count). The Kier molecular flexibility index (Phi) is 5.86. The Bertz CT molecular complexity index is 1240. The Morgan fingerprint density at radius 1 is 1.30 bits per heavy atom. The summed E-state index contributed by atoms with van der Waals surface area (Å²) in [6.07, 6.45) is 2.58. The van der Waals surface area contributed by atoms with E-state index in [9.17, 15) is 17.9 Å². The van der Waals surface area contributed by atoms with Crippen LogP contribution in [0.15, 0.2) is 53.2 Å².